The van der Waals surface area contributed by atoms with E-state index < -0.39 is 11.7 Å². The van der Waals surface area contributed by atoms with E-state index in [2.05, 4.69) is 5.10 Å². The standard InChI is InChI=1S/C23H27N3O5/c1-4-15-10-22(28)31-21-11-16(6-7-17(15)21)30-14(3)23(29)25-9-8-20-18(12-25)19(13-27)24-26(20)5-2/h6-7,10-11,14,27H,4-5,8-9,12-13H2,1-3H3. The van der Waals surface area contributed by atoms with Crippen molar-refractivity contribution in [1.82, 2.24) is 14.7 Å². The van der Waals surface area contributed by atoms with Crippen LogP contribution >= 0.6 is 0 Å². The van der Waals surface area contributed by atoms with Gasteiger partial charge in [0, 0.05) is 54.8 Å². The maximum absolute atomic E-state index is 13.0. The molecule has 2 aromatic heterocycles. The van der Waals surface area contributed by atoms with Gasteiger partial charge in [-0.3, -0.25) is 9.48 Å². The molecular formula is C23H27N3O5. The van der Waals surface area contributed by atoms with Crippen molar-refractivity contribution in [2.75, 3.05) is 6.54 Å². The number of rotatable bonds is 6. The second-order valence-corrected chi connectivity index (χ2v) is 7.72. The number of hydrogen-bond donors (Lipinski definition) is 1. The van der Waals surface area contributed by atoms with Crippen molar-refractivity contribution < 1.29 is 19.1 Å². The van der Waals surface area contributed by atoms with Crippen LogP contribution in [0.4, 0.5) is 0 Å². The number of aliphatic hydroxyl groups excluding tert-OH is 1. The summed E-state index contributed by atoms with van der Waals surface area (Å²) in [6.45, 7) is 7.27. The molecule has 4 rings (SSSR count). The number of aromatic nitrogens is 2. The zero-order valence-corrected chi connectivity index (χ0v) is 18.1. The van der Waals surface area contributed by atoms with Gasteiger partial charge in [0.25, 0.3) is 5.91 Å². The van der Waals surface area contributed by atoms with Gasteiger partial charge >= 0.3 is 5.63 Å². The third kappa shape index (κ3) is 3.95. The Morgan fingerprint density at radius 2 is 2.13 bits per heavy atom. The lowest BCUT2D eigenvalue weighted by molar-refractivity contribution is -0.138. The summed E-state index contributed by atoms with van der Waals surface area (Å²) in [5.74, 6) is 0.333. The van der Waals surface area contributed by atoms with E-state index >= 15 is 0 Å². The number of aryl methyl sites for hydroxylation is 2. The molecule has 8 heteroatoms. The smallest absolute Gasteiger partial charge is 0.336 e. The van der Waals surface area contributed by atoms with E-state index in [4.69, 9.17) is 9.15 Å². The fourth-order valence-electron chi connectivity index (χ4n) is 4.23. The molecule has 3 heterocycles. The fourth-order valence-corrected chi connectivity index (χ4v) is 4.23. The number of carbonyl (C=O) groups is 1. The Balaban J connectivity index is 1.51. The molecule has 1 amide bonds. The zero-order chi connectivity index (χ0) is 22.1. The van der Waals surface area contributed by atoms with Crippen LogP contribution in [0.3, 0.4) is 0 Å². The first-order valence-electron chi connectivity index (χ1n) is 10.7. The van der Waals surface area contributed by atoms with Gasteiger partial charge in [-0.2, -0.15) is 5.10 Å². The molecule has 8 nitrogen and oxygen atoms in total. The van der Waals surface area contributed by atoms with Gasteiger partial charge in [-0.25, -0.2) is 4.79 Å². The molecule has 0 saturated carbocycles. The molecule has 1 aromatic carbocycles. The van der Waals surface area contributed by atoms with E-state index in [1.165, 1.54) is 6.07 Å². The predicted molar refractivity (Wildman–Crippen MR) is 115 cm³/mol. The molecule has 0 fully saturated rings. The van der Waals surface area contributed by atoms with Crippen molar-refractivity contribution in [3.8, 4) is 5.75 Å². The van der Waals surface area contributed by atoms with Crippen molar-refractivity contribution >= 4 is 16.9 Å². The van der Waals surface area contributed by atoms with E-state index in [9.17, 15) is 14.7 Å². The van der Waals surface area contributed by atoms with Gasteiger partial charge in [0.15, 0.2) is 6.10 Å². The lowest BCUT2D eigenvalue weighted by Crippen LogP contribution is -2.43. The van der Waals surface area contributed by atoms with Gasteiger partial charge in [0.05, 0.1) is 12.3 Å². The van der Waals surface area contributed by atoms with Crippen LogP contribution in [0.5, 0.6) is 5.75 Å². The van der Waals surface area contributed by atoms with Crippen LogP contribution in [-0.2, 0) is 37.3 Å². The van der Waals surface area contributed by atoms with E-state index in [1.54, 1.807) is 24.0 Å². The minimum absolute atomic E-state index is 0.136. The SMILES string of the molecule is CCc1cc(=O)oc2cc(OC(C)C(=O)N3CCc4c(c(CO)nn4CC)C3)ccc12. The Morgan fingerprint density at radius 3 is 2.84 bits per heavy atom. The Bertz CT molecular complexity index is 1180. The highest BCUT2D eigenvalue weighted by Crippen LogP contribution is 2.26. The van der Waals surface area contributed by atoms with E-state index in [1.807, 2.05) is 24.6 Å². The zero-order valence-electron chi connectivity index (χ0n) is 18.1. The molecule has 0 saturated heterocycles. The van der Waals surface area contributed by atoms with Crippen LogP contribution in [-0.4, -0.2) is 38.3 Å². The van der Waals surface area contributed by atoms with Crippen molar-refractivity contribution in [1.29, 1.82) is 0 Å². The average molecular weight is 425 g/mol. The van der Waals surface area contributed by atoms with Gasteiger partial charge in [-0.1, -0.05) is 6.92 Å². The molecule has 1 aliphatic heterocycles. The summed E-state index contributed by atoms with van der Waals surface area (Å²) in [6, 6.07) is 6.79. The molecular weight excluding hydrogens is 398 g/mol. The molecule has 1 N–H and O–H groups in total. The number of fused-ring (bicyclic) bond motifs is 2. The molecule has 1 aliphatic rings. The van der Waals surface area contributed by atoms with Gasteiger partial charge in [-0.05, 0) is 38.0 Å². The Labute approximate surface area is 180 Å². The van der Waals surface area contributed by atoms with Crippen LogP contribution in [0.15, 0.2) is 33.5 Å². The molecule has 0 spiro atoms. The number of aliphatic hydroxyl groups is 1. The van der Waals surface area contributed by atoms with Crippen LogP contribution < -0.4 is 10.4 Å². The van der Waals surface area contributed by atoms with E-state index in [0.29, 0.717) is 36.5 Å². The average Bonchev–Trinajstić information content (AvgIpc) is 3.14. The lowest BCUT2D eigenvalue weighted by Gasteiger charge is -2.30. The minimum atomic E-state index is -0.709. The Morgan fingerprint density at radius 1 is 1.32 bits per heavy atom. The number of hydrogen-bond acceptors (Lipinski definition) is 6. The summed E-state index contributed by atoms with van der Waals surface area (Å²) in [6.07, 6.45) is 0.701. The minimum Gasteiger partial charge on any atom is -0.481 e. The van der Waals surface area contributed by atoms with Crippen molar-refractivity contribution in [2.24, 2.45) is 0 Å². The first kappa shape index (κ1) is 21.1. The van der Waals surface area contributed by atoms with Crippen LogP contribution in [0.25, 0.3) is 11.0 Å². The molecule has 0 radical (unpaired) electrons. The second kappa shape index (κ2) is 8.55. The monoisotopic (exact) mass is 425 g/mol. The number of carbonyl (C=O) groups excluding carboxylic acids is 1. The molecule has 0 bridgehead atoms. The molecule has 1 unspecified atom stereocenters. The lowest BCUT2D eigenvalue weighted by atomic mass is 10.0. The summed E-state index contributed by atoms with van der Waals surface area (Å²) >= 11 is 0. The largest absolute Gasteiger partial charge is 0.481 e. The number of ether oxygens (including phenoxy) is 1. The highest BCUT2D eigenvalue weighted by atomic mass is 16.5. The van der Waals surface area contributed by atoms with Gasteiger partial charge in [0.1, 0.15) is 11.3 Å². The molecule has 31 heavy (non-hydrogen) atoms. The first-order chi connectivity index (χ1) is 14.9. The second-order valence-electron chi connectivity index (χ2n) is 7.72. The summed E-state index contributed by atoms with van der Waals surface area (Å²) < 4.78 is 13.1. The first-order valence-corrected chi connectivity index (χ1v) is 10.7. The van der Waals surface area contributed by atoms with Crippen molar-refractivity contribution in [2.45, 2.75) is 59.4 Å². The number of nitrogens with zero attached hydrogens (tertiary/aromatic N) is 3. The molecule has 0 aliphatic carbocycles. The molecule has 3 aromatic rings. The van der Waals surface area contributed by atoms with E-state index in [-0.39, 0.29) is 12.5 Å². The highest BCUT2D eigenvalue weighted by Gasteiger charge is 2.30. The predicted octanol–water partition coefficient (Wildman–Crippen LogP) is 2.42. The maximum Gasteiger partial charge on any atom is 0.336 e. The summed E-state index contributed by atoms with van der Waals surface area (Å²) in [5.41, 5.74) is 3.60. The fraction of sp³-hybridized carbons (Fsp3) is 0.435. The third-order valence-corrected chi connectivity index (χ3v) is 5.82. The third-order valence-electron chi connectivity index (χ3n) is 5.82. The van der Waals surface area contributed by atoms with Crippen LogP contribution in [0, 0.1) is 0 Å². The highest BCUT2D eigenvalue weighted by molar-refractivity contribution is 5.83. The van der Waals surface area contributed by atoms with Gasteiger partial charge in [0.2, 0.25) is 0 Å². The maximum atomic E-state index is 13.0. The van der Waals surface area contributed by atoms with Crippen LogP contribution in [0.2, 0.25) is 0 Å². The summed E-state index contributed by atoms with van der Waals surface area (Å²) in [7, 11) is 0. The van der Waals surface area contributed by atoms with Crippen molar-refractivity contribution in [3.05, 3.63) is 57.2 Å². The molecule has 1 atom stereocenters. The quantitative estimate of drug-likeness (QED) is 0.609. The number of amides is 1. The van der Waals surface area contributed by atoms with Crippen molar-refractivity contribution in [3.63, 3.8) is 0 Å². The van der Waals surface area contributed by atoms with E-state index in [0.717, 1.165) is 35.2 Å². The number of benzene rings is 1. The van der Waals surface area contributed by atoms with Crippen LogP contribution in [0.1, 0.15) is 43.3 Å². The Kier molecular flexibility index (Phi) is 5.82. The van der Waals surface area contributed by atoms with Gasteiger partial charge < -0.3 is 19.2 Å². The normalized spacial score (nSPS) is 14.5. The molecule has 164 valence electrons. The topological polar surface area (TPSA) is 97.8 Å². The summed E-state index contributed by atoms with van der Waals surface area (Å²) in [5, 5.41) is 14.9. The summed E-state index contributed by atoms with van der Waals surface area (Å²) in [4.78, 5) is 26.6. The van der Waals surface area contributed by atoms with Gasteiger partial charge in [-0.15, -0.1) is 0 Å². The Hall–Kier alpha value is -3.13.